The van der Waals surface area contributed by atoms with Crippen LogP contribution in [0.5, 0.6) is 11.5 Å². The summed E-state index contributed by atoms with van der Waals surface area (Å²) in [5.74, 6) is -0.975. The molecule has 0 unspecified atom stereocenters. The molecule has 2 aliphatic carbocycles. The normalized spacial score (nSPS) is 19.9. The van der Waals surface area contributed by atoms with Crippen LogP contribution in [-0.2, 0) is 9.59 Å². The molecular weight excluding hydrogens is 662 g/mol. The molecule has 0 radical (unpaired) electrons. The second kappa shape index (κ2) is 10.2. The van der Waals surface area contributed by atoms with Gasteiger partial charge in [-0.25, -0.2) is 0 Å². The van der Waals surface area contributed by atoms with E-state index >= 15 is 0 Å². The molecule has 1 N–H and O–H groups in total. The molecule has 0 fully saturated rings. The number of ketones is 2. The van der Waals surface area contributed by atoms with Gasteiger partial charge in [0.2, 0.25) is 5.75 Å². The SMILES string of the molecule is CC1(C)CC(=O)C2=C(C1)NC1=C(C(=O)CC(C)(C)C1)C2c1cc(Br)cc(Br)c1Oc1ccc([N+](=O)[O-])cc1[N+](=O)[O-]. The van der Waals surface area contributed by atoms with Crippen LogP contribution in [0.3, 0.4) is 0 Å². The Morgan fingerprint density at radius 1 is 0.854 bits per heavy atom. The van der Waals surface area contributed by atoms with Crippen LogP contribution in [0.4, 0.5) is 11.4 Å². The molecule has 1 heterocycles. The molecule has 3 aliphatic rings. The number of hydrogen-bond acceptors (Lipinski definition) is 8. The maximum Gasteiger partial charge on any atom is 0.318 e. The number of nitro groups is 2. The lowest BCUT2D eigenvalue weighted by molar-refractivity contribution is -0.394. The summed E-state index contributed by atoms with van der Waals surface area (Å²) in [4.78, 5) is 49.2. The summed E-state index contributed by atoms with van der Waals surface area (Å²) in [6.07, 6.45) is 1.81. The van der Waals surface area contributed by atoms with Gasteiger partial charge in [-0.15, -0.1) is 0 Å². The second-order valence-corrected chi connectivity index (χ2v) is 14.1. The van der Waals surface area contributed by atoms with Crippen molar-refractivity contribution in [3.63, 3.8) is 0 Å². The molecule has 0 saturated carbocycles. The van der Waals surface area contributed by atoms with Gasteiger partial charge in [-0.1, -0.05) is 43.6 Å². The number of nitro benzene ring substituents is 2. The minimum atomic E-state index is -0.769. The number of carbonyl (C=O) groups is 2. The van der Waals surface area contributed by atoms with Gasteiger partial charge >= 0.3 is 5.69 Å². The van der Waals surface area contributed by atoms with Crippen LogP contribution in [0, 0.1) is 31.1 Å². The monoisotopic (exact) mass is 687 g/mol. The number of hydrogen-bond donors (Lipinski definition) is 1. The van der Waals surface area contributed by atoms with Crippen molar-refractivity contribution in [3.8, 4) is 11.5 Å². The quantitative estimate of drug-likeness (QED) is 0.248. The highest BCUT2D eigenvalue weighted by atomic mass is 79.9. The highest BCUT2D eigenvalue weighted by Gasteiger charge is 2.47. The highest BCUT2D eigenvalue weighted by Crippen LogP contribution is 2.54. The lowest BCUT2D eigenvalue weighted by Crippen LogP contribution is -2.42. The van der Waals surface area contributed by atoms with Crippen LogP contribution >= 0.6 is 31.9 Å². The number of nitrogens with zero attached hydrogens (tertiary/aromatic N) is 2. The third-order valence-corrected chi connectivity index (χ3v) is 8.68. The summed E-state index contributed by atoms with van der Waals surface area (Å²) in [6, 6.07) is 6.59. The minimum Gasteiger partial charge on any atom is -0.449 e. The van der Waals surface area contributed by atoms with E-state index in [1.165, 1.54) is 6.07 Å². The number of non-ortho nitro benzene ring substituents is 1. The average molecular weight is 689 g/mol. The highest BCUT2D eigenvalue weighted by molar-refractivity contribution is 9.11. The number of nitrogens with one attached hydrogen (secondary N) is 1. The number of rotatable bonds is 5. The van der Waals surface area contributed by atoms with E-state index in [9.17, 15) is 29.8 Å². The maximum atomic E-state index is 13.8. The fraction of sp³-hybridized carbons (Fsp3) is 0.379. The topological polar surface area (TPSA) is 142 Å². The number of halogens is 2. The van der Waals surface area contributed by atoms with Gasteiger partial charge in [0.25, 0.3) is 5.69 Å². The largest absolute Gasteiger partial charge is 0.449 e. The van der Waals surface area contributed by atoms with Crippen molar-refractivity contribution in [2.75, 3.05) is 0 Å². The van der Waals surface area contributed by atoms with Crippen molar-refractivity contribution in [2.45, 2.75) is 59.3 Å². The van der Waals surface area contributed by atoms with Gasteiger partial charge in [-0.05, 0) is 57.8 Å². The number of Topliss-reactive ketones (excluding diaryl/α,β-unsaturated/α-hetero) is 2. The zero-order chi connectivity index (χ0) is 30.0. The molecule has 41 heavy (non-hydrogen) atoms. The molecule has 0 atom stereocenters. The predicted molar refractivity (Wildman–Crippen MR) is 158 cm³/mol. The first-order valence-corrected chi connectivity index (χ1v) is 14.5. The third-order valence-electron chi connectivity index (χ3n) is 7.63. The van der Waals surface area contributed by atoms with Gasteiger partial charge < -0.3 is 10.1 Å². The summed E-state index contributed by atoms with van der Waals surface area (Å²) in [5, 5.41) is 26.6. The Kier molecular flexibility index (Phi) is 7.22. The van der Waals surface area contributed by atoms with Crippen LogP contribution in [-0.4, -0.2) is 21.4 Å². The van der Waals surface area contributed by atoms with Gasteiger partial charge in [-0.3, -0.25) is 29.8 Å². The zero-order valence-electron chi connectivity index (χ0n) is 22.8. The van der Waals surface area contributed by atoms with Crippen LogP contribution in [0.15, 0.2) is 61.8 Å². The van der Waals surface area contributed by atoms with Crippen molar-refractivity contribution in [2.24, 2.45) is 10.8 Å². The number of allylic oxidation sites excluding steroid dienone is 4. The molecule has 0 spiro atoms. The maximum absolute atomic E-state index is 13.8. The summed E-state index contributed by atoms with van der Waals surface area (Å²) >= 11 is 7.03. The van der Waals surface area contributed by atoms with E-state index in [-0.39, 0.29) is 33.9 Å². The standard InChI is InChI=1S/C29H27Br2N3O7/c1-28(2)10-18-25(21(35)12-28)24(26-19(32-18)11-29(3,4)13-22(26)36)16-7-14(30)8-17(31)27(16)41-23-6-5-15(33(37)38)9-20(23)34(39)40/h5-9,24,32H,10-13H2,1-4H3. The molecule has 0 aromatic heterocycles. The van der Waals surface area contributed by atoms with E-state index in [0.29, 0.717) is 51.3 Å². The number of carbonyl (C=O) groups excluding carboxylic acids is 2. The molecule has 2 aromatic carbocycles. The first-order chi connectivity index (χ1) is 19.1. The second-order valence-electron chi connectivity index (χ2n) is 12.3. The molecule has 1 aliphatic heterocycles. The zero-order valence-corrected chi connectivity index (χ0v) is 26.0. The van der Waals surface area contributed by atoms with E-state index in [0.717, 1.165) is 23.5 Å². The van der Waals surface area contributed by atoms with Gasteiger partial charge in [0.1, 0.15) is 5.75 Å². The smallest absolute Gasteiger partial charge is 0.318 e. The molecular formula is C29H27Br2N3O7. The van der Waals surface area contributed by atoms with Crippen molar-refractivity contribution >= 4 is 54.8 Å². The van der Waals surface area contributed by atoms with E-state index < -0.39 is 27.1 Å². The summed E-state index contributed by atoms with van der Waals surface area (Å²) in [6.45, 7) is 8.12. The van der Waals surface area contributed by atoms with Gasteiger partial charge in [0, 0.05) is 57.4 Å². The third kappa shape index (κ3) is 5.46. The molecule has 5 rings (SSSR count). The molecule has 0 bridgehead atoms. The summed E-state index contributed by atoms with van der Waals surface area (Å²) < 4.78 is 7.23. The van der Waals surface area contributed by atoms with Crippen LogP contribution in [0.1, 0.15) is 64.9 Å². The number of ether oxygens (including phenoxy) is 1. The van der Waals surface area contributed by atoms with Crippen molar-refractivity contribution in [3.05, 3.63) is 87.6 Å². The van der Waals surface area contributed by atoms with Gasteiger partial charge in [-0.2, -0.15) is 0 Å². The van der Waals surface area contributed by atoms with Crippen molar-refractivity contribution < 1.29 is 24.2 Å². The lowest BCUT2D eigenvalue weighted by atomic mass is 9.64. The van der Waals surface area contributed by atoms with E-state index in [1.807, 2.05) is 27.7 Å². The molecule has 214 valence electrons. The fourth-order valence-electron chi connectivity index (χ4n) is 6.06. The van der Waals surface area contributed by atoms with Crippen molar-refractivity contribution in [1.29, 1.82) is 0 Å². The van der Waals surface area contributed by atoms with Gasteiger partial charge in [0.15, 0.2) is 11.6 Å². The van der Waals surface area contributed by atoms with Crippen LogP contribution in [0.2, 0.25) is 0 Å². The van der Waals surface area contributed by atoms with E-state index in [4.69, 9.17) is 4.74 Å². The lowest BCUT2D eigenvalue weighted by Gasteiger charge is -2.44. The van der Waals surface area contributed by atoms with Gasteiger partial charge in [0.05, 0.1) is 20.4 Å². The first-order valence-electron chi connectivity index (χ1n) is 13.0. The summed E-state index contributed by atoms with van der Waals surface area (Å²) in [5.41, 5.74) is 1.39. The molecule has 2 aromatic rings. The Labute approximate surface area is 252 Å². The predicted octanol–water partition coefficient (Wildman–Crippen LogP) is 7.79. The number of dihydropyridines is 1. The molecule has 12 heteroatoms. The Bertz CT molecular complexity index is 1570. The Morgan fingerprint density at radius 3 is 1.93 bits per heavy atom. The fourth-order valence-corrected chi connectivity index (χ4v) is 7.40. The van der Waals surface area contributed by atoms with Crippen LogP contribution in [0.25, 0.3) is 0 Å². The molecule has 10 nitrogen and oxygen atoms in total. The van der Waals surface area contributed by atoms with E-state index in [1.54, 1.807) is 12.1 Å². The van der Waals surface area contributed by atoms with Crippen molar-refractivity contribution in [1.82, 2.24) is 5.32 Å². The Morgan fingerprint density at radius 2 is 1.41 bits per heavy atom. The first kappa shape index (κ1) is 29.1. The van der Waals surface area contributed by atoms with Crippen LogP contribution < -0.4 is 10.1 Å². The Balaban J connectivity index is 1.75. The summed E-state index contributed by atoms with van der Waals surface area (Å²) in [7, 11) is 0. The minimum absolute atomic E-state index is 0.0821. The molecule has 0 saturated heterocycles. The van der Waals surface area contributed by atoms with E-state index in [2.05, 4.69) is 37.2 Å². The molecule has 0 amide bonds. The average Bonchev–Trinajstić information content (AvgIpc) is 2.82. The number of benzene rings is 2. The Hall–Kier alpha value is -3.38.